The van der Waals surface area contributed by atoms with E-state index in [1.807, 2.05) is 0 Å². The van der Waals surface area contributed by atoms with Gasteiger partial charge in [0, 0.05) is 12.3 Å². The number of unbranched alkanes of at least 4 members (excludes halogenated alkanes) is 8. The molecule has 0 aliphatic rings. The normalized spacial score (nSPS) is 11.4. The van der Waals surface area contributed by atoms with Crippen molar-refractivity contribution in [3.63, 3.8) is 0 Å². The Balaban J connectivity index is 3.11. The SMILES string of the molecule is CCCCCCCCCCCC(=O)OCCOCCOCCOCCOCCOCCOCCOCCOCCOCCCl. The predicted molar refractivity (Wildman–Crippen MR) is 171 cm³/mol. The van der Waals surface area contributed by atoms with Crippen LogP contribution in [0.15, 0.2) is 0 Å². The van der Waals surface area contributed by atoms with Crippen molar-refractivity contribution in [3.8, 4) is 0 Å². The maximum absolute atomic E-state index is 11.8. The van der Waals surface area contributed by atoms with Crippen LogP contribution in [0, 0.1) is 0 Å². The zero-order chi connectivity index (χ0) is 31.9. The zero-order valence-corrected chi connectivity index (χ0v) is 28.3. The van der Waals surface area contributed by atoms with Crippen LogP contribution in [0.2, 0.25) is 0 Å². The maximum atomic E-state index is 11.8. The van der Waals surface area contributed by atoms with E-state index in [4.69, 9.17) is 59.0 Å². The van der Waals surface area contributed by atoms with Gasteiger partial charge in [-0.1, -0.05) is 58.3 Å². The lowest BCUT2D eigenvalue weighted by Crippen LogP contribution is -2.15. The summed E-state index contributed by atoms with van der Waals surface area (Å²) in [6.45, 7) is 11.6. The van der Waals surface area contributed by atoms with Crippen LogP contribution >= 0.6 is 11.6 Å². The van der Waals surface area contributed by atoms with Crippen LogP contribution < -0.4 is 0 Å². The minimum Gasteiger partial charge on any atom is -0.463 e. The van der Waals surface area contributed by atoms with Gasteiger partial charge >= 0.3 is 5.97 Å². The Bertz CT molecular complexity index is 546. The summed E-state index contributed by atoms with van der Waals surface area (Å²) in [6, 6.07) is 0. The number of carbonyl (C=O) groups excluding carboxylic acids is 1. The van der Waals surface area contributed by atoms with Crippen molar-refractivity contribution in [1.29, 1.82) is 0 Å². The first-order chi connectivity index (χ1) is 21.8. The molecule has 0 N–H and O–H groups in total. The smallest absolute Gasteiger partial charge is 0.305 e. The Labute approximate surface area is 272 Å². The first kappa shape index (κ1) is 43.4. The summed E-state index contributed by atoms with van der Waals surface area (Å²) < 4.78 is 53.9. The van der Waals surface area contributed by atoms with E-state index in [0.29, 0.717) is 138 Å². The number of rotatable bonds is 39. The van der Waals surface area contributed by atoms with Crippen LogP contribution in [-0.2, 0) is 52.2 Å². The van der Waals surface area contributed by atoms with Gasteiger partial charge in [-0.2, -0.15) is 0 Å². The fourth-order valence-electron chi connectivity index (χ4n) is 3.78. The van der Waals surface area contributed by atoms with Gasteiger partial charge in [0.2, 0.25) is 0 Å². The number of carbonyl (C=O) groups is 1. The van der Waals surface area contributed by atoms with Gasteiger partial charge in [0.25, 0.3) is 0 Å². The number of alkyl halides is 1. The zero-order valence-electron chi connectivity index (χ0n) is 27.6. The summed E-state index contributed by atoms with van der Waals surface area (Å²) >= 11 is 5.51. The van der Waals surface area contributed by atoms with Gasteiger partial charge in [-0.05, 0) is 6.42 Å². The number of hydrogen-bond donors (Lipinski definition) is 0. The van der Waals surface area contributed by atoms with Gasteiger partial charge in [-0.25, -0.2) is 0 Å². The van der Waals surface area contributed by atoms with Crippen molar-refractivity contribution in [2.75, 3.05) is 131 Å². The highest BCUT2D eigenvalue weighted by Gasteiger charge is 2.03. The minimum absolute atomic E-state index is 0.135. The molecular formula is C32H63ClO11. The topological polar surface area (TPSA) is 109 Å². The Morgan fingerprint density at radius 1 is 0.386 bits per heavy atom. The molecule has 44 heavy (non-hydrogen) atoms. The maximum Gasteiger partial charge on any atom is 0.305 e. The van der Waals surface area contributed by atoms with E-state index in [1.54, 1.807) is 0 Å². The molecule has 0 aliphatic heterocycles. The monoisotopic (exact) mass is 658 g/mol. The molecule has 0 atom stereocenters. The van der Waals surface area contributed by atoms with Crippen molar-refractivity contribution >= 4 is 17.6 Å². The summed E-state index contributed by atoms with van der Waals surface area (Å²) in [5.74, 6) is 0.362. The average molecular weight is 659 g/mol. The Morgan fingerprint density at radius 2 is 0.659 bits per heavy atom. The van der Waals surface area contributed by atoms with E-state index < -0.39 is 0 Å². The Morgan fingerprint density at radius 3 is 0.977 bits per heavy atom. The lowest BCUT2D eigenvalue weighted by atomic mass is 10.1. The van der Waals surface area contributed by atoms with Crippen molar-refractivity contribution in [3.05, 3.63) is 0 Å². The molecule has 12 heteroatoms. The largest absolute Gasteiger partial charge is 0.463 e. The third-order valence-electron chi connectivity index (χ3n) is 6.17. The van der Waals surface area contributed by atoms with E-state index in [0.717, 1.165) is 12.8 Å². The Hall–Kier alpha value is -0.600. The van der Waals surface area contributed by atoms with Crippen molar-refractivity contribution in [2.24, 2.45) is 0 Å². The molecule has 0 spiro atoms. The standard InChI is InChI=1S/C32H63ClO11/c1-2-3-4-5-6-7-8-9-10-11-32(34)44-31-30-43-29-28-42-27-26-41-25-24-40-23-22-39-21-20-38-19-18-37-17-16-36-15-14-35-13-12-33/h2-31H2,1H3. The number of esters is 1. The minimum atomic E-state index is -0.135. The van der Waals surface area contributed by atoms with Crippen LogP contribution in [0.5, 0.6) is 0 Å². The van der Waals surface area contributed by atoms with E-state index in [-0.39, 0.29) is 5.97 Å². The van der Waals surface area contributed by atoms with E-state index in [1.165, 1.54) is 44.9 Å². The van der Waals surface area contributed by atoms with Crippen LogP contribution in [-0.4, -0.2) is 137 Å². The number of ether oxygens (including phenoxy) is 10. The molecule has 0 bridgehead atoms. The van der Waals surface area contributed by atoms with Crippen LogP contribution in [0.1, 0.15) is 71.1 Å². The van der Waals surface area contributed by atoms with E-state index >= 15 is 0 Å². The molecule has 0 amide bonds. The molecule has 0 saturated carbocycles. The number of halogens is 1. The molecule has 264 valence electrons. The van der Waals surface area contributed by atoms with Crippen LogP contribution in [0.25, 0.3) is 0 Å². The fourth-order valence-corrected chi connectivity index (χ4v) is 3.89. The van der Waals surface area contributed by atoms with Crippen LogP contribution in [0.4, 0.5) is 0 Å². The van der Waals surface area contributed by atoms with Gasteiger partial charge in [0.05, 0.1) is 119 Å². The molecule has 11 nitrogen and oxygen atoms in total. The highest BCUT2D eigenvalue weighted by atomic mass is 35.5. The second kappa shape index (κ2) is 40.4. The van der Waals surface area contributed by atoms with Crippen molar-refractivity contribution in [2.45, 2.75) is 71.1 Å². The molecule has 0 unspecified atom stereocenters. The molecule has 0 aromatic heterocycles. The van der Waals surface area contributed by atoms with E-state index in [9.17, 15) is 4.79 Å². The van der Waals surface area contributed by atoms with Crippen molar-refractivity contribution < 1.29 is 52.2 Å². The average Bonchev–Trinajstić information content (AvgIpc) is 3.03. The number of hydrogen-bond acceptors (Lipinski definition) is 11. The summed E-state index contributed by atoms with van der Waals surface area (Å²) in [5, 5.41) is 0. The summed E-state index contributed by atoms with van der Waals surface area (Å²) in [5.41, 5.74) is 0. The van der Waals surface area contributed by atoms with E-state index in [2.05, 4.69) is 6.92 Å². The summed E-state index contributed by atoms with van der Waals surface area (Å²) in [6.07, 6.45) is 11.6. The molecule has 0 aromatic carbocycles. The van der Waals surface area contributed by atoms with Crippen LogP contribution in [0.3, 0.4) is 0 Å². The quantitative estimate of drug-likeness (QED) is 0.0514. The third kappa shape index (κ3) is 39.4. The summed E-state index contributed by atoms with van der Waals surface area (Å²) in [4.78, 5) is 11.8. The van der Waals surface area contributed by atoms with Gasteiger partial charge in [-0.3, -0.25) is 4.79 Å². The molecule has 0 rings (SSSR count). The van der Waals surface area contributed by atoms with Gasteiger partial charge in [0.1, 0.15) is 6.61 Å². The van der Waals surface area contributed by atoms with Crippen molar-refractivity contribution in [1.82, 2.24) is 0 Å². The molecule has 0 heterocycles. The first-order valence-corrected chi connectivity index (χ1v) is 17.3. The molecule has 0 radical (unpaired) electrons. The molecular weight excluding hydrogens is 596 g/mol. The molecule has 0 aromatic rings. The second-order valence-electron chi connectivity index (χ2n) is 10.00. The first-order valence-electron chi connectivity index (χ1n) is 16.7. The molecule has 0 aliphatic carbocycles. The summed E-state index contributed by atoms with van der Waals surface area (Å²) in [7, 11) is 0. The molecule has 0 fully saturated rings. The fraction of sp³-hybridized carbons (Fsp3) is 0.969. The van der Waals surface area contributed by atoms with Gasteiger partial charge in [0.15, 0.2) is 0 Å². The highest BCUT2D eigenvalue weighted by molar-refractivity contribution is 6.17. The Kier molecular flexibility index (Phi) is 39.9. The third-order valence-corrected chi connectivity index (χ3v) is 6.33. The lowest BCUT2D eigenvalue weighted by molar-refractivity contribution is -0.145. The second-order valence-corrected chi connectivity index (χ2v) is 10.4. The highest BCUT2D eigenvalue weighted by Crippen LogP contribution is 2.10. The lowest BCUT2D eigenvalue weighted by Gasteiger charge is -2.09. The van der Waals surface area contributed by atoms with Gasteiger partial charge < -0.3 is 47.4 Å². The predicted octanol–water partition coefficient (Wildman–Crippen LogP) is 4.84. The van der Waals surface area contributed by atoms with Gasteiger partial charge in [-0.15, -0.1) is 11.6 Å². The molecule has 0 saturated heterocycles.